The van der Waals surface area contributed by atoms with Crippen molar-refractivity contribution in [3.05, 3.63) is 53.3 Å². The third-order valence-electron chi connectivity index (χ3n) is 8.47. The minimum atomic E-state index is -0.908. The number of amides is 3. The van der Waals surface area contributed by atoms with Crippen LogP contribution in [0.25, 0.3) is 17.1 Å². The molecule has 0 saturated carbocycles. The molecule has 1 aliphatic rings. The van der Waals surface area contributed by atoms with Crippen LogP contribution in [0.5, 0.6) is 11.5 Å². The molecule has 3 aromatic rings. The third kappa shape index (κ3) is 8.14. The summed E-state index contributed by atoms with van der Waals surface area (Å²) in [5.74, 6) is 4.07. The van der Waals surface area contributed by atoms with E-state index in [0.29, 0.717) is 42.4 Å². The van der Waals surface area contributed by atoms with E-state index in [2.05, 4.69) is 32.7 Å². The molecule has 0 aliphatic carbocycles. The summed E-state index contributed by atoms with van der Waals surface area (Å²) in [5.41, 5.74) is 8.46. The topological polar surface area (TPSA) is 176 Å². The lowest BCUT2D eigenvalue weighted by atomic mass is 9.89. The summed E-state index contributed by atoms with van der Waals surface area (Å²) in [6.07, 6.45) is 13.2. The van der Waals surface area contributed by atoms with Gasteiger partial charge in [-0.15, -0.1) is 34.9 Å². The molecule has 12 nitrogen and oxygen atoms in total. The smallest absolute Gasteiger partial charge is 0.289 e. The first kappa shape index (κ1) is 35.5. The normalized spacial score (nSPS) is 14.5. The predicted octanol–water partition coefficient (Wildman–Crippen LogP) is 2.86. The van der Waals surface area contributed by atoms with Crippen LogP contribution in [0.2, 0.25) is 0 Å². The van der Waals surface area contributed by atoms with Crippen molar-refractivity contribution in [1.29, 1.82) is 0 Å². The molecule has 0 bridgehead atoms. The van der Waals surface area contributed by atoms with E-state index in [9.17, 15) is 24.6 Å². The van der Waals surface area contributed by atoms with E-state index in [0.717, 1.165) is 24.8 Å². The van der Waals surface area contributed by atoms with Crippen molar-refractivity contribution in [3.8, 4) is 53.3 Å². The van der Waals surface area contributed by atoms with Crippen LogP contribution in [0, 0.1) is 30.6 Å². The first-order valence-corrected chi connectivity index (χ1v) is 16.1. The van der Waals surface area contributed by atoms with Gasteiger partial charge in [-0.3, -0.25) is 19.0 Å². The molecule has 4 rings (SSSR count). The molecule has 252 valence electrons. The van der Waals surface area contributed by atoms with Crippen LogP contribution in [-0.2, 0) is 16.0 Å². The number of piperidine rings is 1. The lowest BCUT2D eigenvalue weighted by Gasteiger charge is -2.34. The molecule has 1 aromatic heterocycles. The second-order valence-electron chi connectivity index (χ2n) is 12.2. The van der Waals surface area contributed by atoms with Gasteiger partial charge in [-0.05, 0) is 67.3 Å². The van der Waals surface area contributed by atoms with Gasteiger partial charge >= 0.3 is 0 Å². The van der Waals surface area contributed by atoms with Gasteiger partial charge in [-0.1, -0.05) is 26.0 Å². The monoisotopic (exact) mass is 653 g/mol. The number of hydrogen-bond acceptors (Lipinski definition) is 8. The Hall–Kier alpha value is -5.33. The van der Waals surface area contributed by atoms with Crippen LogP contribution in [0.15, 0.2) is 36.4 Å². The number of nitrogens with zero attached hydrogens (tertiary/aromatic N) is 4. The fraction of sp³-hybridized carbons (Fsp3) is 0.417. The standard InChI is InChI=1S/C36H43N7O5/c1-6-9-28(37)34(46)39-29(10-7-2)36(48)42-17-15-24(16-18-42)19-23-11-13-25(14-12-23)43-32(40-41-33(43)35(47)38-8-3)27-20-26(22(4)5)30(44)21-31(27)45/h1-2,11-14,20-22,24,28-29,44-45H,8-10,15-19,37H2,3-5H3,(H,38,47)(H,39,46)/t28-,29?/m0/s1. The number of carbonyl (C=O) groups excluding carboxylic acids is 3. The Balaban J connectivity index is 1.49. The summed E-state index contributed by atoms with van der Waals surface area (Å²) in [4.78, 5) is 40.3. The molecule has 2 aromatic carbocycles. The van der Waals surface area contributed by atoms with Crippen molar-refractivity contribution in [2.75, 3.05) is 19.6 Å². The zero-order chi connectivity index (χ0) is 35.0. The fourth-order valence-electron chi connectivity index (χ4n) is 5.83. The highest BCUT2D eigenvalue weighted by atomic mass is 16.3. The van der Waals surface area contributed by atoms with E-state index in [1.807, 2.05) is 45.0 Å². The summed E-state index contributed by atoms with van der Waals surface area (Å²) < 4.78 is 1.60. The van der Waals surface area contributed by atoms with Gasteiger partial charge in [0.2, 0.25) is 17.6 Å². The number of likely N-dealkylation sites (tertiary alicyclic amines) is 1. The molecule has 1 saturated heterocycles. The molecule has 0 spiro atoms. The van der Waals surface area contributed by atoms with Crippen LogP contribution in [0.4, 0.5) is 0 Å². The molecule has 1 aliphatic heterocycles. The Morgan fingerprint density at radius 1 is 1.02 bits per heavy atom. The quantitative estimate of drug-likeness (QED) is 0.186. The molecule has 1 fully saturated rings. The molecule has 12 heteroatoms. The van der Waals surface area contributed by atoms with Gasteiger partial charge in [-0.2, -0.15) is 0 Å². The Morgan fingerprint density at radius 3 is 2.29 bits per heavy atom. The number of phenols is 2. The Bertz CT molecular complexity index is 1710. The van der Waals surface area contributed by atoms with Gasteiger partial charge in [0.25, 0.3) is 5.91 Å². The number of hydrogen-bond donors (Lipinski definition) is 5. The minimum Gasteiger partial charge on any atom is -0.508 e. The highest BCUT2D eigenvalue weighted by Crippen LogP contribution is 2.38. The molecule has 3 amide bonds. The van der Waals surface area contributed by atoms with Crippen LogP contribution in [0.1, 0.15) is 74.1 Å². The second-order valence-corrected chi connectivity index (χ2v) is 12.2. The maximum Gasteiger partial charge on any atom is 0.289 e. The van der Waals surface area contributed by atoms with Gasteiger partial charge in [-0.25, -0.2) is 0 Å². The van der Waals surface area contributed by atoms with Crippen LogP contribution >= 0.6 is 0 Å². The number of terminal acetylenes is 2. The van der Waals surface area contributed by atoms with Crippen molar-refractivity contribution in [3.63, 3.8) is 0 Å². The largest absolute Gasteiger partial charge is 0.508 e. The Kier molecular flexibility index (Phi) is 11.8. The van der Waals surface area contributed by atoms with Gasteiger partial charge in [0.05, 0.1) is 11.6 Å². The van der Waals surface area contributed by atoms with Crippen molar-refractivity contribution < 1.29 is 24.6 Å². The van der Waals surface area contributed by atoms with Gasteiger partial charge in [0.1, 0.15) is 17.5 Å². The molecule has 2 heterocycles. The summed E-state index contributed by atoms with van der Waals surface area (Å²) >= 11 is 0. The molecule has 0 radical (unpaired) electrons. The van der Waals surface area contributed by atoms with Crippen molar-refractivity contribution in [2.24, 2.45) is 11.7 Å². The number of nitrogens with one attached hydrogen (secondary N) is 2. The van der Waals surface area contributed by atoms with Crippen LogP contribution in [0.3, 0.4) is 0 Å². The summed E-state index contributed by atoms with van der Waals surface area (Å²) in [6.45, 7) is 7.12. The van der Waals surface area contributed by atoms with Gasteiger partial charge in [0, 0.05) is 44.2 Å². The summed E-state index contributed by atoms with van der Waals surface area (Å²) in [5, 5.41) is 35.0. The second kappa shape index (κ2) is 16.0. The van der Waals surface area contributed by atoms with E-state index in [4.69, 9.17) is 18.6 Å². The highest BCUT2D eigenvalue weighted by molar-refractivity contribution is 5.92. The van der Waals surface area contributed by atoms with E-state index in [1.165, 1.54) is 6.07 Å². The summed E-state index contributed by atoms with van der Waals surface area (Å²) in [7, 11) is 0. The lowest BCUT2D eigenvalue weighted by molar-refractivity contribution is -0.137. The molecular formula is C36H43N7O5. The SMILES string of the molecule is C#CCC(NC(=O)[C@@H](N)CC#C)C(=O)N1CCC(Cc2ccc(-n3c(C(=O)NCC)nnc3-c3cc(C(C)C)c(O)cc3O)cc2)CC1. The van der Waals surface area contributed by atoms with E-state index in [1.54, 1.807) is 15.5 Å². The number of phenolic OH excluding ortho intramolecular Hbond substituents is 2. The first-order valence-electron chi connectivity index (χ1n) is 16.1. The van der Waals surface area contributed by atoms with Crippen molar-refractivity contribution >= 4 is 17.7 Å². The first-order chi connectivity index (χ1) is 23.0. The highest BCUT2D eigenvalue weighted by Gasteiger charge is 2.30. The predicted molar refractivity (Wildman–Crippen MR) is 182 cm³/mol. The molecule has 48 heavy (non-hydrogen) atoms. The maximum atomic E-state index is 13.2. The van der Waals surface area contributed by atoms with Gasteiger partial charge in [0.15, 0.2) is 5.82 Å². The Labute approximate surface area is 281 Å². The van der Waals surface area contributed by atoms with Crippen LogP contribution in [-0.4, -0.2) is 79.3 Å². The zero-order valence-corrected chi connectivity index (χ0v) is 27.6. The number of benzene rings is 2. The van der Waals surface area contributed by atoms with E-state index < -0.39 is 23.9 Å². The van der Waals surface area contributed by atoms with Gasteiger partial charge < -0.3 is 31.5 Å². The zero-order valence-electron chi connectivity index (χ0n) is 27.6. The maximum absolute atomic E-state index is 13.2. The minimum absolute atomic E-state index is 0.0266. The van der Waals surface area contributed by atoms with Crippen molar-refractivity contribution in [1.82, 2.24) is 30.3 Å². The number of aromatic nitrogens is 3. The average molecular weight is 654 g/mol. The number of carbonyl (C=O) groups is 3. The summed E-state index contributed by atoms with van der Waals surface area (Å²) in [6, 6.07) is 8.89. The molecule has 1 unspecified atom stereocenters. The van der Waals surface area contributed by atoms with E-state index >= 15 is 0 Å². The lowest BCUT2D eigenvalue weighted by Crippen LogP contribution is -2.53. The fourth-order valence-corrected chi connectivity index (χ4v) is 5.83. The third-order valence-corrected chi connectivity index (χ3v) is 8.47. The average Bonchev–Trinajstić information content (AvgIpc) is 3.50. The number of nitrogens with two attached hydrogens (primary N) is 1. The molecular weight excluding hydrogens is 610 g/mol. The molecule has 2 atom stereocenters. The van der Waals surface area contributed by atoms with E-state index in [-0.39, 0.29) is 47.8 Å². The molecule has 6 N–H and O–H groups in total. The van der Waals surface area contributed by atoms with Crippen LogP contribution < -0.4 is 16.4 Å². The van der Waals surface area contributed by atoms with Crippen molar-refractivity contribution in [2.45, 2.75) is 70.9 Å². The Morgan fingerprint density at radius 2 is 1.69 bits per heavy atom. The number of rotatable bonds is 12. The number of aromatic hydroxyl groups is 2.